The summed E-state index contributed by atoms with van der Waals surface area (Å²) in [6.07, 6.45) is 5.26. The van der Waals surface area contributed by atoms with Crippen molar-refractivity contribution < 1.29 is 4.79 Å². The predicted octanol–water partition coefficient (Wildman–Crippen LogP) is 6.60. The summed E-state index contributed by atoms with van der Waals surface area (Å²) in [6.45, 7) is 0. The average molecular weight is 394 g/mol. The predicted molar refractivity (Wildman–Crippen MR) is 111 cm³/mol. The second-order valence-corrected chi connectivity index (χ2v) is 7.38. The van der Waals surface area contributed by atoms with Crippen molar-refractivity contribution in [2.45, 2.75) is 18.8 Å². The number of nitrogens with one attached hydrogen (secondary N) is 1. The third-order valence-corrected chi connectivity index (χ3v) is 5.56. The normalized spacial score (nSPS) is 15.9. The quantitative estimate of drug-likeness (QED) is 0.533. The average Bonchev–Trinajstić information content (AvgIpc) is 2.70. The van der Waals surface area contributed by atoms with Crippen LogP contribution in [-0.4, -0.2) is 5.91 Å². The van der Waals surface area contributed by atoms with E-state index in [1.165, 1.54) is 5.56 Å². The summed E-state index contributed by atoms with van der Waals surface area (Å²) in [6, 6.07) is 21.0. The van der Waals surface area contributed by atoms with Gasteiger partial charge in [0, 0.05) is 23.6 Å². The lowest BCUT2D eigenvalue weighted by Gasteiger charge is -2.26. The van der Waals surface area contributed by atoms with Gasteiger partial charge in [-0.3, -0.25) is 4.79 Å². The van der Waals surface area contributed by atoms with Crippen LogP contribution in [0.2, 0.25) is 10.0 Å². The number of benzene rings is 3. The molecule has 134 valence electrons. The van der Waals surface area contributed by atoms with E-state index in [1.807, 2.05) is 48.5 Å². The number of rotatable bonds is 3. The summed E-state index contributed by atoms with van der Waals surface area (Å²) in [5, 5.41) is 4.10. The molecule has 27 heavy (non-hydrogen) atoms. The molecule has 1 aliphatic carbocycles. The molecule has 0 spiro atoms. The summed E-state index contributed by atoms with van der Waals surface area (Å²) in [5.41, 5.74) is 4.77. The summed E-state index contributed by atoms with van der Waals surface area (Å²) < 4.78 is 0. The van der Waals surface area contributed by atoms with Crippen molar-refractivity contribution in [1.82, 2.24) is 0 Å². The molecule has 0 aromatic heterocycles. The Labute approximate surface area is 169 Å². The summed E-state index contributed by atoms with van der Waals surface area (Å²) >= 11 is 12.3. The molecule has 0 saturated carbocycles. The number of carbonyl (C=O) groups is 1. The molecule has 3 aromatic rings. The first-order valence-corrected chi connectivity index (χ1v) is 9.56. The van der Waals surface area contributed by atoms with E-state index in [0.717, 1.165) is 29.7 Å². The Morgan fingerprint density at radius 2 is 1.78 bits per heavy atom. The largest absolute Gasteiger partial charge is 0.322 e. The molecule has 0 heterocycles. The van der Waals surface area contributed by atoms with E-state index >= 15 is 0 Å². The lowest BCUT2D eigenvalue weighted by atomic mass is 9.79. The maximum atomic E-state index is 12.4. The van der Waals surface area contributed by atoms with Gasteiger partial charge in [0.1, 0.15) is 0 Å². The van der Waals surface area contributed by atoms with Crippen LogP contribution < -0.4 is 5.32 Å². The molecule has 1 aliphatic rings. The zero-order valence-corrected chi connectivity index (χ0v) is 16.0. The van der Waals surface area contributed by atoms with Gasteiger partial charge in [0.15, 0.2) is 0 Å². The highest BCUT2D eigenvalue weighted by Crippen LogP contribution is 2.40. The summed E-state index contributed by atoms with van der Waals surface area (Å²) in [7, 11) is 0. The molecule has 2 radical (unpaired) electrons. The maximum Gasteiger partial charge on any atom is 0.255 e. The van der Waals surface area contributed by atoms with Crippen LogP contribution in [0.15, 0.2) is 66.7 Å². The zero-order valence-electron chi connectivity index (χ0n) is 14.5. The highest BCUT2D eigenvalue weighted by atomic mass is 35.5. The molecule has 0 bridgehead atoms. The lowest BCUT2D eigenvalue weighted by Crippen LogP contribution is -2.14. The van der Waals surface area contributed by atoms with E-state index in [2.05, 4.69) is 17.8 Å². The first-order valence-electron chi connectivity index (χ1n) is 8.81. The number of fused-ring (bicyclic) bond motifs is 1. The number of carbonyl (C=O) groups excluding carboxylic acids is 1. The Kier molecular flexibility index (Phi) is 5.20. The Balaban J connectivity index is 1.60. The minimum absolute atomic E-state index is 0.118. The molecule has 1 N–H and O–H groups in total. The third-order valence-electron chi connectivity index (χ3n) is 4.82. The molecule has 0 fully saturated rings. The van der Waals surface area contributed by atoms with E-state index in [1.54, 1.807) is 12.1 Å². The third kappa shape index (κ3) is 3.87. The number of halogens is 2. The van der Waals surface area contributed by atoms with Crippen molar-refractivity contribution in [3.05, 3.63) is 105 Å². The second-order valence-electron chi connectivity index (χ2n) is 6.56. The van der Waals surface area contributed by atoms with Gasteiger partial charge >= 0.3 is 0 Å². The molecule has 4 heteroatoms. The van der Waals surface area contributed by atoms with Crippen molar-refractivity contribution in [3.63, 3.8) is 0 Å². The first kappa shape index (κ1) is 18.1. The minimum atomic E-state index is -0.118. The smallest absolute Gasteiger partial charge is 0.255 e. The molecule has 0 aliphatic heterocycles. The molecule has 0 saturated heterocycles. The van der Waals surface area contributed by atoms with Crippen molar-refractivity contribution in [1.29, 1.82) is 0 Å². The standard InChI is InChI=1S/C23H17Cl2NO/c24-21-12-9-17(14-22(21)25)19-8-4-7-16-13-18(10-11-20(16)19)26-23(27)15-5-2-1-3-6-15/h1-3,5-6,9-14,19H,4,8H2,(H,26,27)/t19-/m0/s1. The van der Waals surface area contributed by atoms with Gasteiger partial charge < -0.3 is 5.32 Å². The van der Waals surface area contributed by atoms with E-state index in [-0.39, 0.29) is 11.8 Å². The highest BCUT2D eigenvalue weighted by molar-refractivity contribution is 6.42. The van der Waals surface area contributed by atoms with Gasteiger partial charge in [0.05, 0.1) is 10.0 Å². The minimum Gasteiger partial charge on any atom is -0.322 e. The molecule has 4 rings (SSSR count). The van der Waals surface area contributed by atoms with Gasteiger partial charge in [-0.25, -0.2) is 0 Å². The van der Waals surface area contributed by atoms with Crippen LogP contribution in [-0.2, 0) is 0 Å². The molecule has 2 nitrogen and oxygen atoms in total. The van der Waals surface area contributed by atoms with E-state index < -0.39 is 0 Å². The summed E-state index contributed by atoms with van der Waals surface area (Å²) in [4.78, 5) is 12.4. The number of amides is 1. The number of anilines is 1. The molecule has 0 unspecified atom stereocenters. The first-order chi connectivity index (χ1) is 13.1. The second kappa shape index (κ2) is 7.75. The van der Waals surface area contributed by atoms with Crippen LogP contribution >= 0.6 is 23.2 Å². The van der Waals surface area contributed by atoms with Crippen molar-refractivity contribution >= 4 is 34.8 Å². The van der Waals surface area contributed by atoms with Gasteiger partial charge in [-0.05, 0) is 65.9 Å². The Hall–Kier alpha value is -2.29. The fraction of sp³-hybridized carbons (Fsp3) is 0.130. The molecule has 1 atom stereocenters. The van der Waals surface area contributed by atoms with Crippen LogP contribution in [0.1, 0.15) is 45.8 Å². The van der Waals surface area contributed by atoms with Crippen LogP contribution in [0.5, 0.6) is 0 Å². The van der Waals surface area contributed by atoms with Gasteiger partial charge in [-0.15, -0.1) is 0 Å². The van der Waals surface area contributed by atoms with Crippen LogP contribution in [0.4, 0.5) is 5.69 Å². The van der Waals surface area contributed by atoms with Gasteiger partial charge in [-0.1, -0.05) is 53.5 Å². The zero-order chi connectivity index (χ0) is 18.8. The Morgan fingerprint density at radius 3 is 2.56 bits per heavy atom. The fourth-order valence-electron chi connectivity index (χ4n) is 3.47. The Bertz CT molecular complexity index is 985. The SMILES string of the molecule is O=C(Nc1ccc2c(c1)[C]CC[C@H]2c1ccc(Cl)c(Cl)c1)c1ccccc1. The van der Waals surface area contributed by atoms with Crippen molar-refractivity contribution in [3.8, 4) is 0 Å². The van der Waals surface area contributed by atoms with Gasteiger partial charge in [0.25, 0.3) is 5.91 Å². The topological polar surface area (TPSA) is 29.1 Å². The molecular formula is C23H17Cl2NO. The maximum absolute atomic E-state index is 12.4. The molecule has 3 aromatic carbocycles. The van der Waals surface area contributed by atoms with E-state index in [4.69, 9.17) is 23.2 Å². The molecule has 1 amide bonds. The van der Waals surface area contributed by atoms with Crippen LogP contribution in [0, 0.1) is 6.42 Å². The van der Waals surface area contributed by atoms with Gasteiger partial charge in [0.2, 0.25) is 0 Å². The van der Waals surface area contributed by atoms with Crippen molar-refractivity contribution in [2.24, 2.45) is 0 Å². The van der Waals surface area contributed by atoms with Gasteiger partial charge in [-0.2, -0.15) is 0 Å². The van der Waals surface area contributed by atoms with Crippen molar-refractivity contribution in [2.75, 3.05) is 5.32 Å². The number of hydrogen-bond acceptors (Lipinski definition) is 1. The monoisotopic (exact) mass is 393 g/mol. The Morgan fingerprint density at radius 1 is 0.963 bits per heavy atom. The fourth-order valence-corrected chi connectivity index (χ4v) is 3.77. The van der Waals surface area contributed by atoms with Crippen LogP contribution in [0.3, 0.4) is 0 Å². The van der Waals surface area contributed by atoms with Crippen LogP contribution in [0.25, 0.3) is 0 Å². The van der Waals surface area contributed by atoms with E-state index in [9.17, 15) is 4.79 Å². The number of hydrogen-bond donors (Lipinski definition) is 1. The molecular weight excluding hydrogens is 377 g/mol. The lowest BCUT2D eigenvalue weighted by molar-refractivity contribution is 0.102. The van der Waals surface area contributed by atoms with E-state index in [0.29, 0.717) is 15.6 Å². The highest BCUT2D eigenvalue weighted by Gasteiger charge is 2.23. The summed E-state index contributed by atoms with van der Waals surface area (Å²) in [5.74, 6) is 0.127.